The Balaban J connectivity index is 2.35. The quantitative estimate of drug-likeness (QED) is 0.718. The van der Waals surface area contributed by atoms with Crippen LogP contribution in [-0.4, -0.2) is 39.7 Å². The number of anilines is 2. The molecule has 2 aromatic rings. The second-order valence-electron chi connectivity index (χ2n) is 6.23. The van der Waals surface area contributed by atoms with Gasteiger partial charge < -0.3 is 10.1 Å². The first kappa shape index (κ1) is 21.7. The fourth-order valence-electron chi connectivity index (χ4n) is 2.69. The number of methoxy groups -OCH3 is 1. The molecule has 1 atom stereocenters. The van der Waals surface area contributed by atoms with Crippen molar-refractivity contribution in [3.8, 4) is 0 Å². The number of benzene rings is 2. The van der Waals surface area contributed by atoms with Crippen molar-refractivity contribution in [2.24, 2.45) is 0 Å². The molecule has 0 bridgehead atoms. The molecule has 0 aliphatic heterocycles. The number of rotatable bonds is 6. The van der Waals surface area contributed by atoms with Crippen LogP contribution in [0, 0.1) is 6.92 Å². The Kier molecular flexibility index (Phi) is 6.69. The number of nitrogens with one attached hydrogen (secondary N) is 1. The molecule has 0 saturated carbocycles. The lowest BCUT2D eigenvalue weighted by molar-refractivity contribution is -0.116. The van der Waals surface area contributed by atoms with E-state index in [0.29, 0.717) is 22.0 Å². The molecule has 0 heterocycles. The van der Waals surface area contributed by atoms with Crippen molar-refractivity contribution in [2.75, 3.05) is 23.0 Å². The summed E-state index contributed by atoms with van der Waals surface area (Å²) in [4.78, 5) is 24.4. The lowest BCUT2D eigenvalue weighted by Crippen LogP contribution is -2.45. The van der Waals surface area contributed by atoms with Gasteiger partial charge in [0, 0.05) is 10.7 Å². The molecule has 2 rings (SSSR count). The van der Waals surface area contributed by atoms with Crippen molar-refractivity contribution in [2.45, 2.75) is 19.9 Å². The van der Waals surface area contributed by atoms with Crippen LogP contribution in [0.2, 0.25) is 5.02 Å². The van der Waals surface area contributed by atoms with E-state index in [9.17, 15) is 18.0 Å². The summed E-state index contributed by atoms with van der Waals surface area (Å²) in [5, 5.41) is 2.99. The van der Waals surface area contributed by atoms with Crippen molar-refractivity contribution >= 4 is 44.9 Å². The van der Waals surface area contributed by atoms with Crippen LogP contribution in [-0.2, 0) is 19.6 Å². The predicted molar refractivity (Wildman–Crippen MR) is 109 cm³/mol. The third-order valence-electron chi connectivity index (χ3n) is 4.05. The van der Waals surface area contributed by atoms with Crippen LogP contribution < -0.4 is 9.62 Å². The lowest BCUT2D eigenvalue weighted by atomic mass is 10.1. The largest absolute Gasteiger partial charge is 0.465 e. The third-order valence-corrected chi connectivity index (χ3v) is 5.51. The van der Waals surface area contributed by atoms with Gasteiger partial charge in [0.05, 0.1) is 24.6 Å². The number of carbonyl (C=O) groups excluding carboxylic acids is 2. The van der Waals surface area contributed by atoms with E-state index in [2.05, 4.69) is 10.1 Å². The minimum atomic E-state index is -3.78. The number of sulfonamides is 1. The van der Waals surface area contributed by atoms with E-state index in [-0.39, 0.29) is 5.56 Å². The lowest BCUT2D eigenvalue weighted by Gasteiger charge is -2.29. The number of halogens is 1. The zero-order valence-corrected chi connectivity index (χ0v) is 17.5. The number of ether oxygens (including phenoxy) is 1. The summed E-state index contributed by atoms with van der Waals surface area (Å²) in [7, 11) is -2.52. The van der Waals surface area contributed by atoms with Gasteiger partial charge in [-0.05, 0) is 49.7 Å². The maximum absolute atomic E-state index is 12.8. The molecule has 0 aliphatic rings. The highest BCUT2D eigenvalue weighted by molar-refractivity contribution is 7.92. The van der Waals surface area contributed by atoms with Gasteiger partial charge >= 0.3 is 5.97 Å². The van der Waals surface area contributed by atoms with Gasteiger partial charge in [0.2, 0.25) is 15.9 Å². The predicted octanol–water partition coefficient (Wildman–Crippen LogP) is 3.23. The molecular formula is C19H21ClN2O5S. The molecule has 0 unspecified atom stereocenters. The Labute approximate surface area is 169 Å². The highest BCUT2D eigenvalue weighted by Gasteiger charge is 2.30. The van der Waals surface area contributed by atoms with Gasteiger partial charge in [-0.3, -0.25) is 9.10 Å². The number of aryl methyl sites for hydroxylation is 1. The molecule has 0 radical (unpaired) electrons. The molecule has 0 saturated heterocycles. The van der Waals surface area contributed by atoms with Crippen LogP contribution in [0.15, 0.2) is 42.5 Å². The third kappa shape index (κ3) is 5.02. The van der Waals surface area contributed by atoms with E-state index in [1.807, 2.05) is 0 Å². The zero-order chi connectivity index (χ0) is 21.1. The molecule has 9 heteroatoms. The minimum absolute atomic E-state index is 0.263. The van der Waals surface area contributed by atoms with E-state index in [1.54, 1.807) is 37.3 Å². The summed E-state index contributed by atoms with van der Waals surface area (Å²) in [6.45, 7) is 3.20. The minimum Gasteiger partial charge on any atom is -0.465 e. The summed E-state index contributed by atoms with van der Waals surface area (Å²) in [6.07, 6.45) is 1.02. The van der Waals surface area contributed by atoms with Gasteiger partial charge in [0.25, 0.3) is 0 Å². The van der Waals surface area contributed by atoms with Gasteiger partial charge in [-0.25, -0.2) is 13.2 Å². The number of nitrogens with zero attached hydrogens (tertiary/aromatic N) is 1. The Hall–Kier alpha value is -2.58. The van der Waals surface area contributed by atoms with E-state index in [0.717, 1.165) is 10.6 Å². The van der Waals surface area contributed by atoms with Crippen LogP contribution in [0.1, 0.15) is 22.8 Å². The molecule has 28 heavy (non-hydrogen) atoms. The van der Waals surface area contributed by atoms with Crippen LogP contribution >= 0.6 is 11.6 Å². The van der Waals surface area contributed by atoms with Crippen LogP contribution in [0.4, 0.5) is 11.4 Å². The monoisotopic (exact) mass is 424 g/mol. The Morgan fingerprint density at radius 1 is 1.18 bits per heavy atom. The summed E-state index contributed by atoms with van der Waals surface area (Å²) >= 11 is 6.02. The van der Waals surface area contributed by atoms with Crippen molar-refractivity contribution in [1.29, 1.82) is 0 Å². The highest BCUT2D eigenvalue weighted by Crippen LogP contribution is 2.28. The average molecular weight is 425 g/mol. The fraction of sp³-hybridized carbons (Fsp3) is 0.263. The average Bonchev–Trinajstić information content (AvgIpc) is 2.63. The second kappa shape index (κ2) is 8.62. The van der Waals surface area contributed by atoms with Crippen molar-refractivity contribution < 1.29 is 22.7 Å². The molecule has 0 aliphatic carbocycles. The summed E-state index contributed by atoms with van der Waals surface area (Å²) < 4.78 is 30.5. The number of hydrogen-bond acceptors (Lipinski definition) is 5. The first-order valence-electron chi connectivity index (χ1n) is 8.29. The summed E-state index contributed by atoms with van der Waals surface area (Å²) in [5.74, 6) is -1.11. The molecule has 1 amide bonds. The van der Waals surface area contributed by atoms with Crippen molar-refractivity contribution in [3.63, 3.8) is 0 Å². The van der Waals surface area contributed by atoms with E-state index in [1.165, 1.54) is 26.2 Å². The number of amides is 1. The summed E-state index contributed by atoms with van der Waals surface area (Å²) in [6, 6.07) is 9.93. The molecule has 0 spiro atoms. The van der Waals surface area contributed by atoms with Gasteiger partial charge in [-0.15, -0.1) is 0 Å². The molecular weight excluding hydrogens is 404 g/mol. The molecule has 2 aromatic carbocycles. The smallest absolute Gasteiger partial charge is 0.337 e. The van der Waals surface area contributed by atoms with E-state index in [4.69, 9.17) is 11.6 Å². The van der Waals surface area contributed by atoms with Crippen LogP contribution in [0.5, 0.6) is 0 Å². The van der Waals surface area contributed by atoms with E-state index >= 15 is 0 Å². The van der Waals surface area contributed by atoms with Crippen molar-refractivity contribution in [3.05, 3.63) is 58.6 Å². The Morgan fingerprint density at radius 2 is 1.86 bits per heavy atom. The maximum atomic E-state index is 12.8. The maximum Gasteiger partial charge on any atom is 0.337 e. The van der Waals surface area contributed by atoms with E-state index < -0.39 is 27.9 Å². The SMILES string of the molecule is COC(=O)c1cccc(NC(=O)[C@@H](C)N(c2cc(Cl)ccc2C)S(C)(=O)=O)c1. The van der Waals surface area contributed by atoms with Crippen LogP contribution in [0.3, 0.4) is 0 Å². The van der Waals surface area contributed by atoms with Gasteiger partial charge in [-0.1, -0.05) is 23.7 Å². The fourth-order valence-corrected chi connectivity index (χ4v) is 4.08. The topological polar surface area (TPSA) is 92.8 Å². The first-order chi connectivity index (χ1) is 13.0. The standard InChI is InChI=1S/C19H21ClN2O5S/c1-12-8-9-15(20)11-17(12)22(28(4,25)26)13(2)18(23)21-16-7-5-6-14(10-16)19(24)27-3/h5-11,13H,1-4H3,(H,21,23)/t13-/m1/s1. The van der Waals surface area contributed by atoms with Gasteiger partial charge in [-0.2, -0.15) is 0 Å². The molecule has 150 valence electrons. The van der Waals surface area contributed by atoms with Crippen molar-refractivity contribution in [1.82, 2.24) is 0 Å². The molecule has 0 fully saturated rings. The number of esters is 1. The molecule has 7 nitrogen and oxygen atoms in total. The molecule has 1 N–H and O–H groups in total. The number of hydrogen-bond donors (Lipinski definition) is 1. The molecule has 0 aromatic heterocycles. The highest BCUT2D eigenvalue weighted by atomic mass is 35.5. The Bertz CT molecular complexity index is 1010. The summed E-state index contributed by atoms with van der Waals surface area (Å²) in [5.41, 5.74) is 1.58. The first-order valence-corrected chi connectivity index (χ1v) is 10.5. The Morgan fingerprint density at radius 3 is 2.46 bits per heavy atom. The normalized spacial score (nSPS) is 12.2. The number of carbonyl (C=O) groups is 2. The van der Waals surface area contributed by atoms with Crippen LogP contribution in [0.25, 0.3) is 0 Å². The zero-order valence-electron chi connectivity index (χ0n) is 15.9. The van der Waals surface area contributed by atoms with Gasteiger partial charge in [0.15, 0.2) is 0 Å². The second-order valence-corrected chi connectivity index (χ2v) is 8.52. The van der Waals surface area contributed by atoms with Gasteiger partial charge in [0.1, 0.15) is 6.04 Å².